The van der Waals surface area contributed by atoms with E-state index in [-0.39, 0.29) is 0 Å². The van der Waals surface area contributed by atoms with Crippen molar-refractivity contribution in [2.75, 3.05) is 18.4 Å². The molecular weight excluding hydrogens is 292 g/mol. The number of unbranched alkanes of at least 4 members (excludes halogenated alkanes) is 1. The summed E-state index contributed by atoms with van der Waals surface area (Å²) in [4.78, 5) is 0. The van der Waals surface area contributed by atoms with E-state index in [1.54, 1.807) is 0 Å². The molecule has 0 aliphatic heterocycles. The fourth-order valence-electron chi connectivity index (χ4n) is 3.44. The van der Waals surface area contributed by atoms with E-state index in [2.05, 4.69) is 72.0 Å². The van der Waals surface area contributed by atoms with E-state index in [0.717, 1.165) is 25.9 Å². The van der Waals surface area contributed by atoms with Crippen molar-refractivity contribution in [1.82, 2.24) is 0 Å². The van der Waals surface area contributed by atoms with Crippen LogP contribution in [0.4, 0.5) is 5.69 Å². The van der Waals surface area contributed by atoms with Crippen molar-refractivity contribution >= 4 is 38.0 Å². The Morgan fingerprint density at radius 1 is 0.708 bits per heavy atom. The first kappa shape index (κ1) is 15.0. The van der Waals surface area contributed by atoms with Crippen LogP contribution in [0.25, 0.3) is 32.3 Å². The van der Waals surface area contributed by atoms with Crippen LogP contribution in [0.5, 0.6) is 0 Å². The molecule has 4 aromatic carbocycles. The molecular formula is C22H22N2. The van der Waals surface area contributed by atoms with E-state index in [1.807, 2.05) is 0 Å². The first-order valence-corrected chi connectivity index (χ1v) is 8.65. The average molecular weight is 314 g/mol. The number of benzene rings is 4. The van der Waals surface area contributed by atoms with Gasteiger partial charge >= 0.3 is 0 Å². The summed E-state index contributed by atoms with van der Waals surface area (Å²) in [6.45, 7) is 1.71. The van der Waals surface area contributed by atoms with Crippen molar-refractivity contribution in [3.63, 3.8) is 0 Å². The van der Waals surface area contributed by atoms with Crippen molar-refractivity contribution in [3.05, 3.63) is 66.7 Å². The summed E-state index contributed by atoms with van der Waals surface area (Å²) in [5.74, 6) is 0. The van der Waals surface area contributed by atoms with Crippen LogP contribution in [0.15, 0.2) is 66.7 Å². The molecule has 0 aliphatic rings. The smallest absolute Gasteiger partial charge is 0.0426 e. The second kappa shape index (κ2) is 6.50. The van der Waals surface area contributed by atoms with Gasteiger partial charge in [0.25, 0.3) is 0 Å². The Morgan fingerprint density at radius 3 is 2.29 bits per heavy atom. The van der Waals surface area contributed by atoms with E-state index in [0.29, 0.717) is 0 Å². The van der Waals surface area contributed by atoms with Gasteiger partial charge in [0, 0.05) is 17.6 Å². The van der Waals surface area contributed by atoms with Crippen LogP contribution < -0.4 is 11.1 Å². The summed E-state index contributed by atoms with van der Waals surface area (Å²) in [6.07, 6.45) is 2.16. The monoisotopic (exact) mass is 314 g/mol. The molecule has 0 spiro atoms. The van der Waals surface area contributed by atoms with Crippen molar-refractivity contribution < 1.29 is 0 Å². The molecule has 0 unspecified atom stereocenters. The second-order valence-corrected chi connectivity index (χ2v) is 6.31. The number of hydrogen-bond donors (Lipinski definition) is 2. The fraction of sp³-hybridized carbons (Fsp3) is 0.182. The number of anilines is 1. The van der Waals surface area contributed by atoms with Crippen molar-refractivity contribution in [2.45, 2.75) is 12.8 Å². The lowest BCUT2D eigenvalue weighted by molar-refractivity contribution is 0.774. The molecule has 0 radical (unpaired) electrons. The highest BCUT2D eigenvalue weighted by molar-refractivity contribution is 6.16. The maximum atomic E-state index is 5.60. The summed E-state index contributed by atoms with van der Waals surface area (Å²) >= 11 is 0. The molecule has 0 aromatic heterocycles. The van der Waals surface area contributed by atoms with Gasteiger partial charge in [0.1, 0.15) is 0 Å². The normalized spacial score (nSPS) is 11.4. The van der Waals surface area contributed by atoms with Crippen LogP contribution in [-0.2, 0) is 0 Å². The molecule has 24 heavy (non-hydrogen) atoms. The van der Waals surface area contributed by atoms with Gasteiger partial charge in [-0.1, -0.05) is 48.5 Å². The van der Waals surface area contributed by atoms with Crippen LogP contribution in [0.3, 0.4) is 0 Å². The van der Waals surface area contributed by atoms with E-state index in [1.165, 1.54) is 38.0 Å². The Kier molecular flexibility index (Phi) is 4.06. The van der Waals surface area contributed by atoms with E-state index in [4.69, 9.17) is 5.73 Å². The Hall–Kier alpha value is -2.58. The maximum Gasteiger partial charge on any atom is 0.0426 e. The minimum absolute atomic E-state index is 0.756. The van der Waals surface area contributed by atoms with Gasteiger partial charge in [-0.25, -0.2) is 0 Å². The zero-order valence-corrected chi connectivity index (χ0v) is 13.8. The summed E-state index contributed by atoms with van der Waals surface area (Å²) < 4.78 is 0. The number of nitrogens with one attached hydrogen (secondary N) is 1. The molecule has 0 aliphatic carbocycles. The third-order valence-corrected chi connectivity index (χ3v) is 4.67. The predicted molar refractivity (Wildman–Crippen MR) is 106 cm³/mol. The number of rotatable bonds is 5. The van der Waals surface area contributed by atoms with E-state index >= 15 is 0 Å². The molecule has 2 nitrogen and oxygen atoms in total. The molecule has 0 amide bonds. The highest BCUT2D eigenvalue weighted by Crippen LogP contribution is 2.33. The quantitative estimate of drug-likeness (QED) is 0.298. The van der Waals surface area contributed by atoms with Gasteiger partial charge in [0.05, 0.1) is 0 Å². The Labute approximate surface area is 142 Å². The highest BCUT2D eigenvalue weighted by atomic mass is 14.9. The predicted octanol–water partition coefficient (Wildman–Crippen LogP) is 5.30. The average Bonchev–Trinajstić information content (AvgIpc) is 2.63. The molecule has 4 aromatic rings. The SMILES string of the molecule is NCCCCNc1cccc2ccc3cc4ccccc4cc3c12. The number of fused-ring (bicyclic) bond motifs is 4. The number of hydrogen-bond acceptors (Lipinski definition) is 2. The minimum Gasteiger partial charge on any atom is -0.385 e. The first-order valence-electron chi connectivity index (χ1n) is 8.65. The van der Waals surface area contributed by atoms with Crippen molar-refractivity contribution in [2.24, 2.45) is 5.73 Å². The third-order valence-electron chi connectivity index (χ3n) is 4.67. The molecule has 120 valence electrons. The van der Waals surface area contributed by atoms with Gasteiger partial charge in [-0.05, 0) is 64.5 Å². The van der Waals surface area contributed by atoms with Crippen molar-refractivity contribution in [1.29, 1.82) is 0 Å². The van der Waals surface area contributed by atoms with Crippen LogP contribution >= 0.6 is 0 Å². The highest BCUT2D eigenvalue weighted by Gasteiger charge is 2.07. The molecule has 2 heteroatoms. The molecule has 0 heterocycles. The maximum absolute atomic E-state index is 5.60. The van der Waals surface area contributed by atoms with Gasteiger partial charge < -0.3 is 11.1 Å². The lowest BCUT2D eigenvalue weighted by Crippen LogP contribution is -2.06. The topological polar surface area (TPSA) is 38.0 Å². The van der Waals surface area contributed by atoms with E-state index in [9.17, 15) is 0 Å². The summed E-state index contributed by atoms with van der Waals surface area (Å²) in [7, 11) is 0. The minimum atomic E-state index is 0.756. The molecule has 0 bridgehead atoms. The molecule has 0 saturated carbocycles. The van der Waals surface area contributed by atoms with Crippen LogP contribution in [0.2, 0.25) is 0 Å². The summed E-state index contributed by atoms with van der Waals surface area (Å²) in [6, 6.07) is 24.1. The van der Waals surface area contributed by atoms with Gasteiger partial charge in [0.2, 0.25) is 0 Å². The summed E-state index contributed by atoms with van der Waals surface area (Å²) in [5.41, 5.74) is 6.81. The lowest BCUT2D eigenvalue weighted by atomic mass is 9.97. The molecule has 4 rings (SSSR count). The van der Waals surface area contributed by atoms with Gasteiger partial charge in [-0.15, -0.1) is 0 Å². The zero-order chi connectivity index (χ0) is 16.4. The van der Waals surface area contributed by atoms with Gasteiger partial charge in [0.15, 0.2) is 0 Å². The van der Waals surface area contributed by atoms with E-state index < -0.39 is 0 Å². The van der Waals surface area contributed by atoms with Crippen LogP contribution in [0, 0.1) is 0 Å². The zero-order valence-electron chi connectivity index (χ0n) is 13.8. The van der Waals surface area contributed by atoms with Gasteiger partial charge in [-0.2, -0.15) is 0 Å². The van der Waals surface area contributed by atoms with Crippen molar-refractivity contribution in [3.8, 4) is 0 Å². The third kappa shape index (κ3) is 2.70. The molecule has 0 atom stereocenters. The van der Waals surface area contributed by atoms with Crippen LogP contribution in [0.1, 0.15) is 12.8 Å². The first-order chi connectivity index (χ1) is 11.9. The Morgan fingerprint density at radius 2 is 1.46 bits per heavy atom. The molecule has 0 saturated heterocycles. The standard InChI is InChI=1S/C22H22N2/c23-12-3-4-13-24-21-9-5-8-16-10-11-19-14-17-6-1-2-7-18(17)15-20(19)22(16)21/h1-2,5-11,14-15,24H,3-4,12-13,23H2. The van der Waals surface area contributed by atoms with Gasteiger partial charge in [-0.3, -0.25) is 0 Å². The Bertz CT molecular complexity index is 1000. The molecule has 0 fully saturated rings. The summed E-state index contributed by atoms with van der Waals surface area (Å²) in [5, 5.41) is 11.4. The van der Waals surface area contributed by atoms with Crippen LogP contribution in [-0.4, -0.2) is 13.1 Å². The molecule has 3 N–H and O–H groups in total. The lowest BCUT2D eigenvalue weighted by Gasteiger charge is -2.13. The second-order valence-electron chi connectivity index (χ2n) is 6.31. The Balaban J connectivity index is 1.89. The number of nitrogens with two attached hydrogens (primary N) is 1. The fourth-order valence-corrected chi connectivity index (χ4v) is 3.44. The largest absolute Gasteiger partial charge is 0.385 e.